The van der Waals surface area contributed by atoms with Crippen LogP contribution in [0.2, 0.25) is 0 Å². The van der Waals surface area contributed by atoms with Crippen LogP contribution in [0.15, 0.2) is 0 Å². The van der Waals surface area contributed by atoms with Gasteiger partial charge in [0.25, 0.3) is 0 Å². The Bertz CT molecular complexity index is 918. The molecule has 0 aliphatic carbocycles. The Morgan fingerprint density at radius 2 is 0.541 bits per heavy atom. The number of esters is 3. The van der Waals surface area contributed by atoms with Crippen LogP contribution in [0.5, 0.6) is 0 Å². The number of hydrogen-bond donors (Lipinski definition) is 0. The quantitative estimate of drug-likeness (QED) is 0.0344. The van der Waals surface area contributed by atoms with Crippen molar-refractivity contribution >= 4 is 17.9 Å². The number of carbonyl (C=O) groups is 3. The largest absolute Gasteiger partial charge is 0.462 e. The van der Waals surface area contributed by atoms with Gasteiger partial charge in [-0.25, -0.2) is 0 Å². The number of ether oxygens (including phenoxy) is 3. The second-order valence-corrected chi connectivity index (χ2v) is 19.3. The zero-order chi connectivity index (χ0) is 44.5. The van der Waals surface area contributed by atoms with Gasteiger partial charge in [0.1, 0.15) is 13.2 Å². The molecule has 0 rings (SSSR count). The van der Waals surface area contributed by atoms with E-state index in [1.54, 1.807) is 0 Å². The summed E-state index contributed by atoms with van der Waals surface area (Å²) in [6.07, 6.45) is 52.3. The molecule has 0 aliphatic heterocycles. The molecule has 1 atom stereocenters. The van der Waals surface area contributed by atoms with Gasteiger partial charge in [-0.3, -0.25) is 14.4 Å². The zero-order valence-electron chi connectivity index (χ0n) is 41.6. The van der Waals surface area contributed by atoms with Gasteiger partial charge >= 0.3 is 17.9 Å². The second-order valence-electron chi connectivity index (χ2n) is 19.3. The van der Waals surface area contributed by atoms with E-state index in [-0.39, 0.29) is 31.1 Å². The fourth-order valence-electron chi connectivity index (χ4n) is 8.39. The lowest BCUT2D eigenvalue weighted by Gasteiger charge is -2.18. The van der Waals surface area contributed by atoms with Gasteiger partial charge in [-0.05, 0) is 25.2 Å². The summed E-state index contributed by atoms with van der Waals surface area (Å²) in [5.74, 6) is -0.00195. The lowest BCUT2D eigenvalue weighted by Crippen LogP contribution is -2.30. The van der Waals surface area contributed by atoms with Crippen molar-refractivity contribution in [2.24, 2.45) is 5.92 Å². The van der Waals surface area contributed by atoms with Gasteiger partial charge in [-0.2, -0.15) is 0 Å². The summed E-state index contributed by atoms with van der Waals surface area (Å²) in [6, 6.07) is 0. The Morgan fingerprint density at radius 1 is 0.311 bits per heavy atom. The number of hydrogen-bond acceptors (Lipinski definition) is 6. The Balaban J connectivity index is 4.28. The van der Waals surface area contributed by atoms with Gasteiger partial charge < -0.3 is 14.2 Å². The molecule has 0 amide bonds. The van der Waals surface area contributed by atoms with Crippen LogP contribution in [0.4, 0.5) is 0 Å². The molecule has 6 heteroatoms. The normalized spacial score (nSPS) is 12.0. The van der Waals surface area contributed by atoms with Crippen LogP contribution in [0.3, 0.4) is 0 Å². The number of rotatable bonds is 50. The average molecular weight is 863 g/mol. The average Bonchev–Trinajstić information content (AvgIpc) is 3.24. The van der Waals surface area contributed by atoms with Crippen molar-refractivity contribution in [1.29, 1.82) is 0 Å². The maximum absolute atomic E-state index is 12.8. The molecule has 0 bridgehead atoms. The van der Waals surface area contributed by atoms with Crippen molar-refractivity contribution < 1.29 is 28.6 Å². The van der Waals surface area contributed by atoms with Crippen molar-refractivity contribution in [3.05, 3.63) is 0 Å². The van der Waals surface area contributed by atoms with Crippen LogP contribution in [-0.4, -0.2) is 37.2 Å². The van der Waals surface area contributed by atoms with E-state index in [0.717, 1.165) is 63.7 Å². The highest BCUT2D eigenvalue weighted by atomic mass is 16.6. The first kappa shape index (κ1) is 59.4. The molecule has 0 saturated heterocycles. The summed E-state index contributed by atoms with van der Waals surface area (Å²) in [6.45, 7) is 9.04. The highest BCUT2D eigenvalue weighted by Gasteiger charge is 2.19. The third-order valence-electron chi connectivity index (χ3n) is 12.5. The van der Waals surface area contributed by atoms with Crippen LogP contribution in [-0.2, 0) is 28.6 Å². The summed E-state index contributed by atoms with van der Waals surface area (Å²) in [5, 5.41) is 0. The molecule has 0 aromatic heterocycles. The molecule has 0 aromatic carbocycles. The predicted molar refractivity (Wildman–Crippen MR) is 261 cm³/mol. The SMILES string of the molecule is CCCCCCCCCCCCCCCCCCC(=O)OC[C@H](COC(=O)CCCCCCCCCCCCC)OC(=O)CCCCCCCCCCCCCCCC(C)C. The number of unbranched alkanes of at least 4 members (excludes halogenated alkanes) is 37. The van der Waals surface area contributed by atoms with Crippen molar-refractivity contribution in [3.8, 4) is 0 Å². The Labute approximate surface area is 380 Å². The van der Waals surface area contributed by atoms with Crippen molar-refractivity contribution in [2.75, 3.05) is 13.2 Å². The smallest absolute Gasteiger partial charge is 0.306 e. The van der Waals surface area contributed by atoms with E-state index in [0.29, 0.717) is 19.3 Å². The fraction of sp³-hybridized carbons (Fsp3) is 0.945. The summed E-state index contributed by atoms with van der Waals surface area (Å²) in [7, 11) is 0. The molecule has 0 saturated carbocycles. The molecule has 6 nitrogen and oxygen atoms in total. The van der Waals surface area contributed by atoms with Gasteiger partial charge in [-0.15, -0.1) is 0 Å². The van der Waals surface area contributed by atoms with E-state index >= 15 is 0 Å². The molecular formula is C55H106O6. The van der Waals surface area contributed by atoms with Crippen molar-refractivity contribution in [2.45, 2.75) is 316 Å². The molecule has 0 aromatic rings. The minimum atomic E-state index is -0.761. The van der Waals surface area contributed by atoms with E-state index in [2.05, 4.69) is 27.7 Å². The van der Waals surface area contributed by atoms with Gasteiger partial charge in [0.2, 0.25) is 0 Å². The molecule has 362 valence electrons. The molecule has 0 unspecified atom stereocenters. The summed E-state index contributed by atoms with van der Waals surface area (Å²) in [4.78, 5) is 38.0. The van der Waals surface area contributed by atoms with Gasteiger partial charge in [0, 0.05) is 19.3 Å². The highest BCUT2D eigenvalue weighted by Crippen LogP contribution is 2.17. The van der Waals surface area contributed by atoms with Crippen LogP contribution < -0.4 is 0 Å². The van der Waals surface area contributed by atoms with Crippen molar-refractivity contribution in [3.63, 3.8) is 0 Å². The van der Waals surface area contributed by atoms with Crippen LogP contribution in [0.25, 0.3) is 0 Å². The van der Waals surface area contributed by atoms with Crippen molar-refractivity contribution in [1.82, 2.24) is 0 Å². The van der Waals surface area contributed by atoms with Crippen LogP contribution in [0.1, 0.15) is 310 Å². The van der Waals surface area contributed by atoms with Gasteiger partial charge in [0.15, 0.2) is 6.10 Å². The third-order valence-corrected chi connectivity index (χ3v) is 12.5. The maximum Gasteiger partial charge on any atom is 0.306 e. The van der Waals surface area contributed by atoms with Crippen LogP contribution >= 0.6 is 0 Å². The molecule has 0 fully saturated rings. The highest BCUT2D eigenvalue weighted by molar-refractivity contribution is 5.71. The van der Waals surface area contributed by atoms with E-state index in [4.69, 9.17) is 14.2 Å². The first-order valence-electron chi connectivity index (χ1n) is 27.4. The van der Waals surface area contributed by atoms with E-state index in [1.165, 1.54) is 205 Å². The first-order chi connectivity index (χ1) is 29.9. The summed E-state index contributed by atoms with van der Waals surface area (Å²) >= 11 is 0. The predicted octanol–water partition coefficient (Wildman–Crippen LogP) is 17.8. The van der Waals surface area contributed by atoms with Gasteiger partial charge in [0.05, 0.1) is 0 Å². The third kappa shape index (κ3) is 49.3. The molecule has 0 spiro atoms. The molecule has 0 heterocycles. The number of carbonyl (C=O) groups excluding carboxylic acids is 3. The Kier molecular flexibility index (Phi) is 48.1. The maximum atomic E-state index is 12.8. The van der Waals surface area contributed by atoms with E-state index < -0.39 is 6.10 Å². The van der Waals surface area contributed by atoms with E-state index in [1.807, 2.05) is 0 Å². The Morgan fingerprint density at radius 3 is 0.803 bits per heavy atom. The minimum absolute atomic E-state index is 0.0622. The first-order valence-corrected chi connectivity index (χ1v) is 27.4. The summed E-state index contributed by atoms with van der Waals surface area (Å²) in [5.41, 5.74) is 0. The monoisotopic (exact) mass is 863 g/mol. The Hall–Kier alpha value is -1.59. The summed E-state index contributed by atoms with van der Waals surface area (Å²) < 4.78 is 16.8. The fourth-order valence-corrected chi connectivity index (χ4v) is 8.39. The molecule has 0 aliphatic rings. The lowest BCUT2D eigenvalue weighted by molar-refractivity contribution is -0.167. The molecule has 0 radical (unpaired) electrons. The molecular weight excluding hydrogens is 757 g/mol. The standard InChI is InChI=1S/C55H106O6/c1-5-7-9-11-13-15-17-18-19-20-23-27-31-35-39-43-47-54(57)60-50-52(49-59-53(56)46-42-38-34-30-25-16-14-12-10-8-6-2)61-55(58)48-44-40-36-32-28-24-21-22-26-29-33-37-41-45-51(3)4/h51-52H,5-50H2,1-4H3/t52-/m0/s1. The minimum Gasteiger partial charge on any atom is -0.462 e. The second kappa shape index (κ2) is 49.4. The zero-order valence-corrected chi connectivity index (χ0v) is 41.6. The lowest BCUT2D eigenvalue weighted by atomic mass is 10.0. The molecule has 61 heavy (non-hydrogen) atoms. The van der Waals surface area contributed by atoms with Crippen LogP contribution in [0, 0.1) is 5.92 Å². The molecule has 0 N–H and O–H groups in total. The topological polar surface area (TPSA) is 78.9 Å². The van der Waals surface area contributed by atoms with Gasteiger partial charge in [-0.1, -0.05) is 272 Å². The van der Waals surface area contributed by atoms with E-state index in [9.17, 15) is 14.4 Å².